The molecule has 0 aliphatic heterocycles. The van der Waals surface area contributed by atoms with Gasteiger partial charge in [0.1, 0.15) is 0 Å². The maximum atomic E-state index is 9.91. The van der Waals surface area contributed by atoms with Gasteiger partial charge in [-0.1, -0.05) is 13.8 Å². The molecule has 1 atom stereocenters. The summed E-state index contributed by atoms with van der Waals surface area (Å²) in [6.07, 6.45) is 3.83. The smallest absolute Gasteiger partial charge is 0.0830 e. The van der Waals surface area contributed by atoms with Crippen molar-refractivity contribution in [1.82, 2.24) is 4.68 Å². The Labute approximate surface area is 79.4 Å². The summed E-state index contributed by atoms with van der Waals surface area (Å²) < 4.78 is 1.84. The quantitative estimate of drug-likeness (QED) is 0.739. The Morgan fingerprint density at radius 2 is 1.92 bits per heavy atom. The summed E-state index contributed by atoms with van der Waals surface area (Å²) in [5.41, 5.74) is 2.45. The lowest BCUT2D eigenvalue weighted by atomic mass is 9.93. The van der Waals surface area contributed by atoms with Gasteiger partial charge in [0.15, 0.2) is 0 Å². The molecule has 1 rings (SSSR count). The second kappa shape index (κ2) is 3.83. The van der Waals surface area contributed by atoms with Gasteiger partial charge in [0.05, 0.1) is 12.1 Å². The lowest BCUT2D eigenvalue weighted by Gasteiger charge is -2.28. The van der Waals surface area contributed by atoms with Gasteiger partial charge < -0.3 is 10.5 Å². The van der Waals surface area contributed by atoms with Crippen LogP contribution in [-0.2, 0) is 0 Å². The Morgan fingerprint density at radius 1 is 1.38 bits per heavy atom. The second-order valence-corrected chi connectivity index (χ2v) is 3.94. The molecule has 0 aliphatic carbocycles. The van der Waals surface area contributed by atoms with E-state index in [-0.39, 0.29) is 5.92 Å². The molecule has 0 spiro atoms. The Morgan fingerprint density at radius 3 is 2.38 bits per heavy atom. The van der Waals surface area contributed by atoms with Crippen LogP contribution in [0.3, 0.4) is 0 Å². The van der Waals surface area contributed by atoms with E-state index >= 15 is 0 Å². The normalized spacial score (nSPS) is 15.8. The molecule has 0 aliphatic rings. The monoisotopic (exact) mass is 182 g/mol. The van der Waals surface area contributed by atoms with Gasteiger partial charge in [0.25, 0.3) is 0 Å². The van der Waals surface area contributed by atoms with Gasteiger partial charge in [-0.3, -0.25) is 4.68 Å². The number of hydrogen-bond donors (Lipinski definition) is 2. The maximum absolute atomic E-state index is 9.91. The molecule has 0 amide bonds. The first-order valence-corrected chi connectivity index (χ1v) is 4.61. The number of hydrogen-bond acceptors (Lipinski definition) is 2. The van der Waals surface area contributed by atoms with Crippen LogP contribution < -0.4 is 5.43 Å². The third-order valence-corrected chi connectivity index (χ3v) is 2.47. The predicted octanol–water partition coefficient (Wildman–Crippen LogP) is 1.44. The Kier molecular flexibility index (Phi) is 2.98. The largest absolute Gasteiger partial charge is 0.388 e. The van der Waals surface area contributed by atoms with Crippen molar-refractivity contribution < 1.29 is 5.11 Å². The van der Waals surface area contributed by atoms with Crippen molar-refractivity contribution in [1.29, 1.82) is 0 Å². The molecule has 0 saturated heterocycles. The van der Waals surface area contributed by atoms with Crippen LogP contribution in [0.15, 0.2) is 24.5 Å². The van der Waals surface area contributed by atoms with Crippen molar-refractivity contribution in [3.63, 3.8) is 0 Å². The van der Waals surface area contributed by atoms with Gasteiger partial charge in [0.2, 0.25) is 0 Å². The molecule has 74 valence electrons. The second-order valence-electron chi connectivity index (χ2n) is 3.94. The minimum atomic E-state index is -0.662. The molecular weight excluding hydrogens is 164 g/mol. The Hall–Kier alpha value is -0.960. The molecule has 1 aromatic rings. The summed E-state index contributed by atoms with van der Waals surface area (Å²) in [5.74, 6) is 0.246. The Bertz CT molecular complexity index is 239. The molecule has 3 heteroatoms. The van der Waals surface area contributed by atoms with Crippen molar-refractivity contribution in [2.75, 3.05) is 12.0 Å². The zero-order valence-electron chi connectivity index (χ0n) is 8.49. The zero-order valence-corrected chi connectivity index (χ0v) is 8.49. The molecule has 0 radical (unpaired) electrons. The lowest BCUT2D eigenvalue weighted by molar-refractivity contribution is 0.0243. The summed E-state index contributed by atoms with van der Waals surface area (Å²) in [4.78, 5) is 0. The summed E-state index contributed by atoms with van der Waals surface area (Å²) in [5, 5.41) is 9.91. The topological polar surface area (TPSA) is 37.2 Å². The molecule has 1 aromatic heterocycles. The highest BCUT2D eigenvalue weighted by atomic mass is 16.3. The number of rotatable bonds is 4. The van der Waals surface area contributed by atoms with E-state index in [1.54, 1.807) is 0 Å². The predicted molar refractivity (Wildman–Crippen MR) is 54.1 cm³/mol. The van der Waals surface area contributed by atoms with Gasteiger partial charge in [-0.05, 0) is 25.0 Å². The first-order valence-electron chi connectivity index (χ1n) is 4.61. The van der Waals surface area contributed by atoms with Gasteiger partial charge in [-0.25, -0.2) is 0 Å². The first kappa shape index (κ1) is 10.1. The molecule has 1 unspecified atom stereocenters. The van der Waals surface area contributed by atoms with Gasteiger partial charge in [-0.15, -0.1) is 0 Å². The van der Waals surface area contributed by atoms with Crippen LogP contribution in [0.25, 0.3) is 0 Å². The maximum Gasteiger partial charge on any atom is 0.0830 e. The SMILES string of the molecule is CC(C)C(C)(O)CNn1cccc1. The van der Waals surface area contributed by atoms with Crippen LogP contribution in [0.2, 0.25) is 0 Å². The van der Waals surface area contributed by atoms with Crippen molar-refractivity contribution in [3.05, 3.63) is 24.5 Å². The van der Waals surface area contributed by atoms with E-state index in [1.165, 1.54) is 0 Å². The van der Waals surface area contributed by atoms with Crippen LogP contribution in [0.4, 0.5) is 0 Å². The fourth-order valence-electron chi connectivity index (χ4n) is 0.895. The van der Waals surface area contributed by atoms with Crippen molar-refractivity contribution >= 4 is 0 Å². The van der Waals surface area contributed by atoms with Crippen LogP contribution in [0, 0.1) is 5.92 Å². The fourth-order valence-corrected chi connectivity index (χ4v) is 0.895. The van der Waals surface area contributed by atoms with Crippen LogP contribution in [0.5, 0.6) is 0 Å². The average molecular weight is 182 g/mol. The van der Waals surface area contributed by atoms with Crippen LogP contribution in [0.1, 0.15) is 20.8 Å². The number of nitrogens with one attached hydrogen (secondary N) is 1. The highest BCUT2D eigenvalue weighted by Gasteiger charge is 2.24. The highest BCUT2D eigenvalue weighted by molar-refractivity contribution is 4.95. The Balaban J connectivity index is 2.42. The van der Waals surface area contributed by atoms with Crippen molar-refractivity contribution in [2.45, 2.75) is 26.4 Å². The van der Waals surface area contributed by atoms with E-state index in [9.17, 15) is 5.11 Å². The van der Waals surface area contributed by atoms with E-state index in [2.05, 4.69) is 5.43 Å². The summed E-state index contributed by atoms with van der Waals surface area (Å²) in [6, 6.07) is 3.88. The molecule has 2 N–H and O–H groups in total. The first-order chi connectivity index (χ1) is 6.02. The summed E-state index contributed by atoms with van der Waals surface area (Å²) in [7, 11) is 0. The van der Waals surface area contributed by atoms with Crippen molar-refractivity contribution in [3.8, 4) is 0 Å². The minimum absolute atomic E-state index is 0.246. The van der Waals surface area contributed by atoms with E-state index in [0.29, 0.717) is 6.54 Å². The molecule has 0 saturated carbocycles. The molecule has 0 bridgehead atoms. The summed E-state index contributed by atoms with van der Waals surface area (Å²) in [6.45, 7) is 6.42. The minimum Gasteiger partial charge on any atom is -0.388 e. The zero-order chi connectivity index (χ0) is 9.90. The van der Waals surface area contributed by atoms with Crippen LogP contribution in [-0.4, -0.2) is 21.9 Å². The third-order valence-electron chi connectivity index (χ3n) is 2.47. The van der Waals surface area contributed by atoms with Crippen molar-refractivity contribution in [2.24, 2.45) is 5.92 Å². The summed E-state index contributed by atoms with van der Waals surface area (Å²) >= 11 is 0. The molecule has 3 nitrogen and oxygen atoms in total. The molecule has 0 fully saturated rings. The number of aromatic nitrogens is 1. The van der Waals surface area contributed by atoms with Gasteiger partial charge >= 0.3 is 0 Å². The lowest BCUT2D eigenvalue weighted by Crippen LogP contribution is -2.40. The van der Waals surface area contributed by atoms with Gasteiger partial charge in [-0.2, -0.15) is 0 Å². The van der Waals surface area contributed by atoms with Gasteiger partial charge in [0, 0.05) is 12.4 Å². The third kappa shape index (κ3) is 2.77. The van der Waals surface area contributed by atoms with E-state index in [0.717, 1.165) is 0 Å². The molecular formula is C10H18N2O. The average Bonchev–Trinajstić information content (AvgIpc) is 2.52. The highest BCUT2D eigenvalue weighted by Crippen LogP contribution is 2.14. The van der Waals surface area contributed by atoms with E-state index in [4.69, 9.17) is 0 Å². The number of aliphatic hydroxyl groups is 1. The van der Waals surface area contributed by atoms with E-state index < -0.39 is 5.60 Å². The van der Waals surface area contributed by atoms with E-state index in [1.807, 2.05) is 50.0 Å². The van der Waals surface area contributed by atoms with Crippen LogP contribution >= 0.6 is 0 Å². The molecule has 1 heterocycles. The molecule has 13 heavy (non-hydrogen) atoms. The standard InChI is InChI=1S/C10H18N2O/c1-9(2)10(3,13)8-11-12-6-4-5-7-12/h4-7,9,11,13H,8H2,1-3H3. The fraction of sp³-hybridized carbons (Fsp3) is 0.600. The molecule has 0 aromatic carbocycles. The number of nitrogens with zero attached hydrogens (tertiary/aromatic N) is 1.